The van der Waals surface area contributed by atoms with Crippen molar-refractivity contribution < 1.29 is 14.0 Å². The summed E-state index contributed by atoms with van der Waals surface area (Å²) in [6.45, 7) is 4.39. The molecular formula is C26H24ClFN2O2S. The lowest BCUT2D eigenvalue weighted by Crippen LogP contribution is -2.47. The van der Waals surface area contributed by atoms with Gasteiger partial charge in [0.1, 0.15) is 11.1 Å². The van der Waals surface area contributed by atoms with Gasteiger partial charge < -0.3 is 10.2 Å². The van der Waals surface area contributed by atoms with Crippen LogP contribution in [0.5, 0.6) is 0 Å². The van der Waals surface area contributed by atoms with Crippen molar-refractivity contribution in [1.29, 1.82) is 0 Å². The second kappa shape index (κ2) is 9.98. The Morgan fingerprint density at radius 2 is 1.88 bits per heavy atom. The highest BCUT2D eigenvalue weighted by Gasteiger charge is 2.39. The molecule has 3 aromatic rings. The molecule has 1 aliphatic rings. The number of carbonyl (C=O) groups is 2. The van der Waals surface area contributed by atoms with Gasteiger partial charge in [-0.15, -0.1) is 11.8 Å². The van der Waals surface area contributed by atoms with E-state index in [1.807, 2.05) is 55.5 Å². The van der Waals surface area contributed by atoms with Crippen molar-refractivity contribution in [2.75, 3.05) is 4.90 Å². The van der Waals surface area contributed by atoms with Crippen LogP contribution in [0.3, 0.4) is 0 Å². The molecule has 1 aliphatic heterocycles. The number of hydrogen-bond acceptors (Lipinski definition) is 3. The highest BCUT2D eigenvalue weighted by atomic mass is 35.5. The molecule has 0 radical (unpaired) electrons. The second-order valence-electron chi connectivity index (χ2n) is 8.16. The van der Waals surface area contributed by atoms with Gasteiger partial charge >= 0.3 is 0 Å². The predicted molar refractivity (Wildman–Crippen MR) is 131 cm³/mol. The minimum absolute atomic E-state index is 0.169. The van der Waals surface area contributed by atoms with E-state index >= 15 is 0 Å². The first kappa shape index (κ1) is 23.3. The number of fused-ring (bicyclic) bond motifs is 1. The maximum absolute atomic E-state index is 13.5. The Labute approximate surface area is 202 Å². The molecule has 1 N–H and O–H groups in total. The Balaban J connectivity index is 1.54. The standard InChI is InChI=1S/C26H24ClFN2O2S/c1-16-7-9-18(10-8-16)14-29-25(31)17(2)24-26(32)30(22-5-3-4-6-23(22)33-24)15-19-11-12-20(28)13-21(19)27/h3-13,17,24H,14-15H2,1-2H3,(H,29,31). The SMILES string of the molecule is Cc1ccc(CNC(=O)C(C)C2Sc3ccccc3N(Cc3ccc(F)cc3Cl)C2=O)cc1. The summed E-state index contributed by atoms with van der Waals surface area (Å²) in [5.74, 6) is -1.33. The molecule has 2 atom stereocenters. The van der Waals surface area contributed by atoms with Gasteiger partial charge in [0.05, 0.1) is 18.2 Å². The van der Waals surface area contributed by atoms with Crippen LogP contribution in [-0.2, 0) is 22.7 Å². The summed E-state index contributed by atoms with van der Waals surface area (Å²) in [4.78, 5) is 29.0. The monoisotopic (exact) mass is 482 g/mol. The van der Waals surface area contributed by atoms with Crippen LogP contribution in [0, 0.1) is 18.7 Å². The molecule has 0 saturated carbocycles. The summed E-state index contributed by atoms with van der Waals surface area (Å²) in [6, 6.07) is 19.7. The summed E-state index contributed by atoms with van der Waals surface area (Å²) in [5, 5.41) is 2.63. The minimum atomic E-state index is -0.586. The molecule has 3 aromatic carbocycles. The summed E-state index contributed by atoms with van der Waals surface area (Å²) >= 11 is 7.64. The average molecular weight is 483 g/mol. The molecule has 0 aliphatic carbocycles. The minimum Gasteiger partial charge on any atom is -0.352 e. The van der Waals surface area contributed by atoms with Crippen LogP contribution >= 0.6 is 23.4 Å². The topological polar surface area (TPSA) is 49.4 Å². The zero-order chi connectivity index (χ0) is 23.5. The van der Waals surface area contributed by atoms with Crippen LogP contribution in [0.15, 0.2) is 71.6 Å². The van der Waals surface area contributed by atoms with Gasteiger partial charge in [-0.2, -0.15) is 0 Å². The average Bonchev–Trinajstić information content (AvgIpc) is 2.81. The van der Waals surface area contributed by atoms with Crippen LogP contribution in [0.25, 0.3) is 0 Å². The van der Waals surface area contributed by atoms with E-state index in [0.717, 1.165) is 21.7 Å². The molecule has 0 saturated heterocycles. The molecule has 1 heterocycles. The predicted octanol–water partition coefficient (Wildman–Crippen LogP) is 5.75. The first-order valence-corrected chi connectivity index (χ1v) is 11.9. The Bertz CT molecular complexity index is 1190. The van der Waals surface area contributed by atoms with Gasteiger partial charge in [-0.3, -0.25) is 9.59 Å². The van der Waals surface area contributed by atoms with Crippen LogP contribution in [0.1, 0.15) is 23.6 Å². The highest BCUT2D eigenvalue weighted by molar-refractivity contribution is 8.01. The Hall–Kier alpha value is -2.83. The van der Waals surface area contributed by atoms with E-state index in [2.05, 4.69) is 5.32 Å². The summed E-state index contributed by atoms with van der Waals surface area (Å²) in [6.07, 6.45) is 0. The molecule has 0 bridgehead atoms. The molecule has 2 unspecified atom stereocenters. The number of amides is 2. The summed E-state index contributed by atoms with van der Waals surface area (Å²) in [5.41, 5.74) is 3.56. The Morgan fingerprint density at radius 3 is 2.61 bits per heavy atom. The Kier molecular flexibility index (Phi) is 7.05. The fourth-order valence-electron chi connectivity index (χ4n) is 3.73. The number of nitrogens with one attached hydrogen (secondary N) is 1. The van der Waals surface area contributed by atoms with Crippen molar-refractivity contribution in [3.05, 3.63) is 94.3 Å². The lowest BCUT2D eigenvalue weighted by atomic mass is 10.0. The molecule has 33 heavy (non-hydrogen) atoms. The third kappa shape index (κ3) is 5.23. The van der Waals surface area contributed by atoms with Crippen LogP contribution in [0.4, 0.5) is 10.1 Å². The molecule has 4 rings (SSSR count). The third-order valence-electron chi connectivity index (χ3n) is 5.72. The number of thioether (sulfide) groups is 1. The fraction of sp³-hybridized carbons (Fsp3) is 0.231. The van der Waals surface area contributed by atoms with Gasteiger partial charge in [-0.25, -0.2) is 4.39 Å². The van der Waals surface area contributed by atoms with Crippen LogP contribution in [0.2, 0.25) is 5.02 Å². The van der Waals surface area contributed by atoms with Gasteiger partial charge in [0, 0.05) is 16.5 Å². The highest BCUT2D eigenvalue weighted by Crippen LogP contribution is 2.42. The first-order chi connectivity index (χ1) is 15.8. The van der Waals surface area contributed by atoms with Gasteiger partial charge in [0.2, 0.25) is 11.8 Å². The molecule has 0 spiro atoms. The number of hydrogen-bond donors (Lipinski definition) is 1. The van der Waals surface area contributed by atoms with Crippen molar-refractivity contribution in [2.24, 2.45) is 5.92 Å². The van der Waals surface area contributed by atoms with Gasteiger partial charge in [0.15, 0.2) is 0 Å². The number of nitrogens with zero attached hydrogens (tertiary/aromatic N) is 1. The van der Waals surface area contributed by atoms with Gasteiger partial charge in [-0.05, 0) is 42.3 Å². The normalized spacial score (nSPS) is 16.3. The molecule has 7 heteroatoms. The van der Waals surface area contributed by atoms with E-state index in [1.165, 1.54) is 23.9 Å². The lowest BCUT2D eigenvalue weighted by Gasteiger charge is -2.36. The summed E-state index contributed by atoms with van der Waals surface area (Å²) < 4.78 is 13.5. The third-order valence-corrected chi connectivity index (χ3v) is 7.53. The van der Waals surface area contributed by atoms with E-state index in [1.54, 1.807) is 17.9 Å². The molecule has 0 fully saturated rings. The number of carbonyl (C=O) groups excluding carboxylic acids is 2. The van der Waals surface area contributed by atoms with E-state index in [-0.39, 0.29) is 23.4 Å². The van der Waals surface area contributed by atoms with E-state index < -0.39 is 17.0 Å². The van der Waals surface area contributed by atoms with E-state index in [9.17, 15) is 14.0 Å². The first-order valence-electron chi connectivity index (χ1n) is 10.7. The lowest BCUT2D eigenvalue weighted by molar-refractivity contribution is -0.128. The van der Waals surface area contributed by atoms with E-state index in [4.69, 9.17) is 11.6 Å². The maximum Gasteiger partial charge on any atom is 0.241 e. The number of aryl methyl sites for hydroxylation is 1. The Morgan fingerprint density at radius 1 is 1.15 bits per heavy atom. The van der Waals surface area contributed by atoms with Crippen molar-refractivity contribution in [3.8, 4) is 0 Å². The van der Waals surface area contributed by atoms with Crippen LogP contribution < -0.4 is 10.2 Å². The number of rotatable bonds is 6. The van der Waals surface area contributed by atoms with E-state index in [0.29, 0.717) is 12.1 Å². The zero-order valence-electron chi connectivity index (χ0n) is 18.3. The van der Waals surface area contributed by atoms with Gasteiger partial charge in [-0.1, -0.05) is 66.6 Å². The molecule has 2 amide bonds. The van der Waals surface area contributed by atoms with Crippen molar-refractivity contribution in [2.45, 2.75) is 37.1 Å². The second-order valence-corrected chi connectivity index (χ2v) is 9.75. The van der Waals surface area contributed by atoms with Gasteiger partial charge in [0.25, 0.3) is 0 Å². The fourth-order valence-corrected chi connectivity index (χ4v) is 5.24. The van der Waals surface area contributed by atoms with Crippen molar-refractivity contribution >= 4 is 40.9 Å². The van der Waals surface area contributed by atoms with Crippen LogP contribution in [-0.4, -0.2) is 17.1 Å². The number of halogens is 2. The van der Waals surface area contributed by atoms with Crippen molar-refractivity contribution in [3.63, 3.8) is 0 Å². The molecule has 170 valence electrons. The molecular weight excluding hydrogens is 459 g/mol. The smallest absolute Gasteiger partial charge is 0.241 e. The van der Waals surface area contributed by atoms with Crippen molar-refractivity contribution in [1.82, 2.24) is 5.32 Å². The number of anilines is 1. The molecule has 4 nitrogen and oxygen atoms in total. The summed E-state index contributed by atoms with van der Waals surface area (Å²) in [7, 11) is 0. The maximum atomic E-state index is 13.5. The molecule has 0 aromatic heterocycles. The largest absolute Gasteiger partial charge is 0.352 e. The number of para-hydroxylation sites is 1. The number of benzene rings is 3. The zero-order valence-corrected chi connectivity index (χ0v) is 19.9. The quantitative estimate of drug-likeness (QED) is 0.487.